The molecule has 19 heavy (non-hydrogen) atoms. The van der Waals surface area contributed by atoms with Crippen LogP contribution in [0.4, 0.5) is 0 Å². The van der Waals surface area contributed by atoms with E-state index in [-0.39, 0.29) is 7.92 Å². The Hall–Kier alpha value is -0.533. The average Bonchev–Trinajstić information content (AvgIpc) is 2.77. The molecule has 1 unspecified atom stereocenters. The van der Waals surface area contributed by atoms with Crippen molar-refractivity contribution in [3.63, 3.8) is 0 Å². The van der Waals surface area contributed by atoms with Gasteiger partial charge in [-0.25, -0.2) is 0 Å². The first kappa shape index (κ1) is 13.5. The molecular formula is C17H18LiP. The van der Waals surface area contributed by atoms with Crippen molar-refractivity contribution in [3.8, 4) is 11.1 Å². The summed E-state index contributed by atoms with van der Waals surface area (Å²) in [7, 11) is 0.0532. The van der Waals surface area contributed by atoms with Crippen molar-refractivity contribution in [2.24, 2.45) is 0 Å². The Morgan fingerprint density at radius 3 is 2.37 bits per heavy atom. The van der Waals surface area contributed by atoms with Crippen molar-refractivity contribution in [1.82, 2.24) is 0 Å². The maximum absolute atomic E-state index is 2.36. The fraction of sp³-hybridized carbons (Fsp3) is 0.294. The van der Waals surface area contributed by atoms with Crippen molar-refractivity contribution in [3.05, 3.63) is 53.6 Å². The minimum absolute atomic E-state index is 0.0532. The molecule has 0 saturated heterocycles. The Bertz CT molecular complexity index is 602. The van der Waals surface area contributed by atoms with E-state index >= 15 is 0 Å². The van der Waals surface area contributed by atoms with Gasteiger partial charge in [-0.15, -0.1) is 0 Å². The zero-order chi connectivity index (χ0) is 13.4. The van der Waals surface area contributed by atoms with Crippen LogP contribution in [0.5, 0.6) is 0 Å². The standard InChI is InChI=1S/C17H18P.Li/c1-3-18(4-2)17-15-11-7-5-9-13(15)14-10-6-8-12-16(14)17;/h5-11,17H,3-4H2,1-2H3;. The van der Waals surface area contributed by atoms with Gasteiger partial charge in [0.15, 0.2) is 0 Å². The van der Waals surface area contributed by atoms with Crippen LogP contribution >= 0.6 is 7.92 Å². The fourth-order valence-electron chi connectivity index (χ4n) is 3.38. The zero-order valence-electron chi connectivity index (χ0n) is 12.0. The SMILES string of the molecule is [Li][c]1cccc2c1C(P(CC)CC)c1ccccc1-2. The van der Waals surface area contributed by atoms with Gasteiger partial charge in [0.2, 0.25) is 0 Å². The first-order valence-corrected chi connectivity index (χ1v) is 8.98. The van der Waals surface area contributed by atoms with Gasteiger partial charge in [0.1, 0.15) is 0 Å². The topological polar surface area (TPSA) is 0 Å². The monoisotopic (exact) mass is 260 g/mol. The Kier molecular flexibility index (Phi) is 3.86. The van der Waals surface area contributed by atoms with Crippen LogP contribution in [-0.4, -0.2) is 30.0 Å². The van der Waals surface area contributed by atoms with E-state index in [2.05, 4.69) is 74.0 Å². The molecule has 1 aliphatic carbocycles. The van der Waals surface area contributed by atoms with E-state index in [1.54, 1.807) is 11.1 Å². The van der Waals surface area contributed by atoms with Crippen molar-refractivity contribution in [2.45, 2.75) is 19.5 Å². The molecular weight excluding hydrogens is 242 g/mol. The van der Waals surface area contributed by atoms with Gasteiger partial charge in [-0.2, -0.15) is 0 Å². The molecule has 92 valence electrons. The molecule has 0 nitrogen and oxygen atoms in total. The molecule has 2 aromatic carbocycles. The number of hydrogen-bond acceptors (Lipinski definition) is 0. The van der Waals surface area contributed by atoms with Gasteiger partial charge in [0, 0.05) is 0 Å². The summed E-state index contributed by atoms with van der Waals surface area (Å²) in [6.07, 6.45) is 2.64. The van der Waals surface area contributed by atoms with E-state index in [1.807, 2.05) is 0 Å². The number of fused-ring (bicyclic) bond motifs is 3. The third kappa shape index (κ3) is 2.11. The zero-order valence-corrected chi connectivity index (χ0v) is 12.9. The average molecular weight is 260 g/mol. The van der Waals surface area contributed by atoms with Gasteiger partial charge in [-0.05, 0) is 0 Å². The quantitative estimate of drug-likeness (QED) is 0.576. The third-order valence-electron chi connectivity index (χ3n) is 4.32. The molecule has 0 fully saturated rings. The van der Waals surface area contributed by atoms with Crippen molar-refractivity contribution in [1.29, 1.82) is 0 Å². The fourth-order valence-corrected chi connectivity index (χ4v) is 5.89. The Balaban J connectivity index is 2.25. The van der Waals surface area contributed by atoms with Crippen LogP contribution in [0.2, 0.25) is 0 Å². The molecule has 0 heterocycles. The summed E-state index contributed by atoms with van der Waals surface area (Å²) in [6, 6.07) is 15.8. The second-order valence-corrected chi connectivity index (χ2v) is 8.21. The molecule has 2 aromatic rings. The summed E-state index contributed by atoms with van der Waals surface area (Å²) < 4.78 is 1.47. The summed E-state index contributed by atoms with van der Waals surface area (Å²) >= 11 is 2.27. The van der Waals surface area contributed by atoms with E-state index in [0.29, 0.717) is 5.66 Å². The molecule has 0 aliphatic heterocycles. The van der Waals surface area contributed by atoms with E-state index < -0.39 is 0 Å². The molecule has 0 N–H and O–H groups in total. The second kappa shape index (κ2) is 5.46. The van der Waals surface area contributed by atoms with E-state index in [0.717, 1.165) is 0 Å². The van der Waals surface area contributed by atoms with E-state index in [4.69, 9.17) is 0 Å². The molecule has 0 bridgehead atoms. The van der Waals surface area contributed by atoms with Gasteiger partial charge in [-0.1, -0.05) is 0 Å². The minimum atomic E-state index is 0.0532. The molecule has 0 radical (unpaired) electrons. The molecule has 1 atom stereocenters. The van der Waals surface area contributed by atoms with E-state index in [9.17, 15) is 0 Å². The number of benzene rings is 2. The summed E-state index contributed by atoms with van der Waals surface area (Å²) in [4.78, 5) is 0. The van der Waals surface area contributed by atoms with Crippen LogP contribution < -0.4 is 4.24 Å². The number of rotatable bonds is 3. The molecule has 1 aliphatic rings. The Morgan fingerprint density at radius 2 is 1.63 bits per heavy atom. The van der Waals surface area contributed by atoms with Crippen LogP contribution in [-0.2, 0) is 0 Å². The summed E-state index contributed by atoms with van der Waals surface area (Å²) in [5.41, 5.74) is 6.80. The van der Waals surface area contributed by atoms with Crippen LogP contribution in [0.25, 0.3) is 11.1 Å². The van der Waals surface area contributed by atoms with Gasteiger partial charge in [-0.3, -0.25) is 0 Å². The summed E-state index contributed by atoms with van der Waals surface area (Å²) in [5, 5.41) is 0. The van der Waals surface area contributed by atoms with Crippen LogP contribution in [0.1, 0.15) is 30.6 Å². The summed E-state index contributed by atoms with van der Waals surface area (Å²) in [5.74, 6) is 0. The van der Waals surface area contributed by atoms with Crippen LogP contribution in [0.15, 0.2) is 42.5 Å². The van der Waals surface area contributed by atoms with Crippen LogP contribution in [0, 0.1) is 0 Å². The van der Waals surface area contributed by atoms with Crippen molar-refractivity contribution < 1.29 is 0 Å². The first-order valence-electron chi connectivity index (χ1n) is 7.20. The maximum atomic E-state index is 2.36. The molecule has 0 aromatic heterocycles. The molecule has 0 amide bonds. The molecule has 3 rings (SSSR count). The Morgan fingerprint density at radius 1 is 0.947 bits per heavy atom. The normalized spacial score (nSPS) is 16.6. The predicted octanol–water partition coefficient (Wildman–Crippen LogP) is 4.07. The third-order valence-corrected chi connectivity index (χ3v) is 7.21. The molecule has 0 saturated carbocycles. The van der Waals surface area contributed by atoms with Crippen molar-refractivity contribution in [2.75, 3.05) is 12.3 Å². The second-order valence-electron chi connectivity index (χ2n) is 5.25. The molecule has 2 heteroatoms. The summed E-state index contributed by atoms with van der Waals surface area (Å²) in [6.45, 7) is 4.71. The first-order chi connectivity index (χ1) is 9.27. The van der Waals surface area contributed by atoms with Gasteiger partial charge >= 0.3 is 126 Å². The van der Waals surface area contributed by atoms with E-state index in [1.165, 1.54) is 27.7 Å². The predicted molar refractivity (Wildman–Crippen MR) is 87.1 cm³/mol. The number of hydrogen-bond donors (Lipinski definition) is 0. The van der Waals surface area contributed by atoms with Crippen LogP contribution in [0.3, 0.4) is 0 Å². The van der Waals surface area contributed by atoms with Gasteiger partial charge < -0.3 is 0 Å². The van der Waals surface area contributed by atoms with Gasteiger partial charge in [0.25, 0.3) is 0 Å². The van der Waals surface area contributed by atoms with Gasteiger partial charge in [0.05, 0.1) is 0 Å². The molecule has 0 spiro atoms. The Labute approximate surface area is 126 Å². The van der Waals surface area contributed by atoms with Crippen molar-refractivity contribution >= 4 is 29.9 Å².